The van der Waals surface area contributed by atoms with Crippen LogP contribution in [0.15, 0.2) is 36.9 Å². The van der Waals surface area contributed by atoms with Gasteiger partial charge in [-0.05, 0) is 19.1 Å². The number of pyridine rings is 2. The summed E-state index contributed by atoms with van der Waals surface area (Å²) in [6.07, 6.45) is 8.04. The summed E-state index contributed by atoms with van der Waals surface area (Å²) < 4.78 is 31.1. The van der Waals surface area contributed by atoms with E-state index < -0.39 is 10.0 Å². The molecule has 29 heavy (non-hydrogen) atoms. The summed E-state index contributed by atoms with van der Waals surface area (Å²) in [5.74, 6) is 0. The Labute approximate surface area is 167 Å². The number of hydrogen-bond acceptors (Lipinski definition) is 7. The number of aromatic amines is 1. The van der Waals surface area contributed by atoms with Crippen LogP contribution in [0.4, 0.5) is 5.69 Å². The molecule has 4 aromatic rings. The zero-order valence-corrected chi connectivity index (χ0v) is 16.8. The molecule has 1 N–H and O–H groups in total. The molecule has 0 amide bonds. The first kappa shape index (κ1) is 18.1. The first-order valence-corrected chi connectivity index (χ1v) is 11.1. The fourth-order valence-corrected chi connectivity index (χ4v) is 4.52. The summed E-state index contributed by atoms with van der Waals surface area (Å²) >= 11 is 0. The van der Waals surface area contributed by atoms with Crippen LogP contribution in [0.3, 0.4) is 0 Å². The van der Waals surface area contributed by atoms with E-state index in [0.29, 0.717) is 36.5 Å². The quantitative estimate of drug-likeness (QED) is 0.549. The molecule has 5 rings (SSSR count). The SMILES string of the molecule is C[C@@H]1COCCN1c1cc(-c2cncc3[nH]ccc23)nc2c1cnn2S(C)(=O)=O. The smallest absolute Gasteiger partial charge is 0.252 e. The molecule has 1 aliphatic rings. The second-order valence-corrected chi connectivity index (χ2v) is 9.07. The van der Waals surface area contributed by atoms with Gasteiger partial charge in [0.15, 0.2) is 5.65 Å². The number of nitrogens with one attached hydrogen (secondary N) is 1. The maximum absolute atomic E-state index is 12.3. The van der Waals surface area contributed by atoms with Gasteiger partial charge in [-0.1, -0.05) is 0 Å². The van der Waals surface area contributed by atoms with Gasteiger partial charge in [0.25, 0.3) is 10.0 Å². The lowest BCUT2D eigenvalue weighted by atomic mass is 10.1. The second-order valence-electron chi connectivity index (χ2n) is 7.26. The molecule has 0 aromatic carbocycles. The molecule has 0 spiro atoms. The van der Waals surface area contributed by atoms with E-state index in [9.17, 15) is 8.42 Å². The number of anilines is 1. The predicted octanol–water partition coefficient (Wildman–Crippen LogP) is 2.01. The Morgan fingerprint density at radius 1 is 1.24 bits per heavy atom. The summed E-state index contributed by atoms with van der Waals surface area (Å²) in [6, 6.07) is 4.09. The van der Waals surface area contributed by atoms with Gasteiger partial charge in [-0.2, -0.15) is 5.10 Å². The Kier molecular flexibility index (Phi) is 4.07. The van der Waals surface area contributed by atoms with Crippen molar-refractivity contribution in [2.24, 2.45) is 0 Å². The molecule has 0 aliphatic carbocycles. The van der Waals surface area contributed by atoms with Gasteiger partial charge in [0, 0.05) is 35.9 Å². The standard InChI is InChI=1S/C19H20N6O3S/c1-12-11-28-6-5-24(12)18-7-16(14-8-20-10-17-13(14)3-4-21-17)23-19-15(18)9-22-25(19)29(2,26)27/h3-4,7-10,12,21H,5-6,11H2,1-2H3/t12-/m1/s1. The van der Waals surface area contributed by atoms with Crippen LogP contribution in [0.1, 0.15) is 6.92 Å². The molecule has 1 fully saturated rings. The second kappa shape index (κ2) is 6.53. The number of morpholine rings is 1. The third-order valence-corrected chi connectivity index (χ3v) is 6.13. The summed E-state index contributed by atoms with van der Waals surface area (Å²) in [7, 11) is -3.60. The number of H-pyrrole nitrogens is 1. The molecule has 9 nitrogen and oxygen atoms in total. The van der Waals surface area contributed by atoms with Crippen molar-refractivity contribution in [1.29, 1.82) is 0 Å². The lowest BCUT2D eigenvalue weighted by Gasteiger charge is -2.35. The normalized spacial score (nSPS) is 18.0. The van der Waals surface area contributed by atoms with E-state index in [0.717, 1.165) is 32.5 Å². The van der Waals surface area contributed by atoms with E-state index in [1.165, 1.54) is 0 Å². The van der Waals surface area contributed by atoms with Crippen LogP contribution in [-0.2, 0) is 14.8 Å². The van der Waals surface area contributed by atoms with Crippen molar-refractivity contribution in [2.45, 2.75) is 13.0 Å². The van der Waals surface area contributed by atoms with Crippen molar-refractivity contribution >= 4 is 37.6 Å². The minimum atomic E-state index is -3.60. The molecule has 1 aliphatic heterocycles. The van der Waals surface area contributed by atoms with Crippen LogP contribution in [0.5, 0.6) is 0 Å². The van der Waals surface area contributed by atoms with Gasteiger partial charge in [-0.25, -0.2) is 13.4 Å². The van der Waals surface area contributed by atoms with Crippen LogP contribution >= 0.6 is 0 Å². The van der Waals surface area contributed by atoms with Crippen molar-refractivity contribution in [3.05, 3.63) is 36.9 Å². The molecule has 1 saturated heterocycles. The van der Waals surface area contributed by atoms with Crippen molar-refractivity contribution in [2.75, 3.05) is 30.9 Å². The van der Waals surface area contributed by atoms with E-state index in [4.69, 9.17) is 9.72 Å². The first-order valence-electron chi connectivity index (χ1n) is 9.28. The number of aromatic nitrogens is 5. The minimum Gasteiger partial charge on any atom is -0.377 e. The summed E-state index contributed by atoms with van der Waals surface area (Å²) in [5, 5.41) is 5.79. The van der Waals surface area contributed by atoms with E-state index in [1.807, 2.05) is 18.3 Å². The van der Waals surface area contributed by atoms with Gasteiger partial charge in [0.1, 0.15) is 0 Å². The molecule has 1 atom stereocenters. The first-order chi connectivity index (χ1) is 13.9. The van der Waals surface area contributed by atoms with Crippen molar-refractivity contribution in [3.63, 3.8) is 0 Å². The number of fused-ring (bicyclic) bond motifs is 2. The maximum Gasteiger partial charge on any atom is 0.252 e. The van der Waals surface area contributed by atoms with Crippen LogP contribution in [0.2, 0.25) is 0 Å². The average Bonchev–Trinajstić information content (AvgIpc) is 3.34. The summed E-state index contributed by atoms with van der Waals surface area (Å²) in [6.45, 7) is 4.00. The fraction of sp³-hybridized carbons (Fsp3) is 0.316. The van der Waals surface area contributed by atoms with E-state index >= 15 is 0 Å². The zero-order chi connectivity index (χ0) is 20.2. The largest absolute Gasteiger partial charge is 0.377 e. The highest BCUT2D eigenvalue weighted by molar-refractivity contribution is 7.89. The number of nitrogens with zero attached hydrogens (tertiary/aromatic N) is 5. The average molecular weight is 412 g/mol. The third kappa shape index (κ3) is 2.95. The number of hydrogen-bond donors (Lipinski definition) is 1. The van der Waals surface area contributed by atoms with E-state index in [2.05, 4.69) is 26.9 Å². The molecule has 0 radical (unpaired) electrons. The van der Waals surface area contributed by atoms with Crippen molar-refractivity contribution in [3.8, 4) is 11.3 Å². The number of ether oxygens (including phenoxy) is 1. The van der Waals surface area contributed by atoms with Crippen molar-refractivity contribution in [1.82, 2.24) is 24.1 Å². The lowest BCUT2D eigenvalue weighted by molar-refractivity contribution is 0.0991. The highest BCUT2D eigenvalue weighted by atomic mass is 32.2. The number of rotatable bonds is 3. The minimum absolute atomic E-state index is 0.143. The molecule has 5 heterocycles. The fourth-order valence-electron chi connectivity index (χ4n) is 3.85. The Balaban J connectivity index is 1.82. The molecule has 10 heteroatoms. The maximum atomic E-state index is 12.3. The van der Waals surface area contributed by atoms with Gasteiger partial charge in [-0.3, -0.25) is 4.98 Å². The Hall–Kier alpha value is -2.98. The Morgan fingerprint density at radius 2 is 2.10 bits per heavy atom. The zero-order valence-electron chi connectivity index (χ0n) is 16.0. The molecular weight excluding hydrogens is 392 g/mol. The van der Waals surface area contributed by atoms with Crippen molar-refractivity contribution < 1.29 is 13.2 Å². The highest BCUT2D eigenvalue weighted by Gasteiger charge is 2.25. The van der Waals surface area contributed by atoms with Gasteiger partial charge in [0.05, 0.1) is 54.1 Å². The van der Waals surface area contributed by atoms with Gasteiger partial charge >= 0.3 is 0 Å². The monoisotopic (exact) mass is 412 g/mol. The van der Waals surface area contributed by atoms with Gasteiger partial charge in [0.2, 0.25) is 0 Å². The van der Waals surface area contributed by atoms with Gasteiger partial charge in [-0.15, -0.1) is 4.09 Å². The Bertz CT molecular complexity index is 1330. The summed E-state index contributed by atoms with van der Waals surface area (Å²) in [5.41, 5.74) is 3.57. The van der Waals surface area contributed by atoms with Gasteiger partial charge < -0.3 is 14.6 Å². The van der Waals surface area contributed by atoms with E-state index in [-0.39, 0.29) is 6.04 Å². The predicted molar refractivity (Wildman–Crippen MR) is 110 cm³/mol. The third-order valence-electron chi connectivity index (χ3n) is 5.23. The molecule has 0 unspecified atom stereocenters. The van der Waals surface area contributed by atoms with Crippen LogP contribution in [-0.4, -0.2) is 64.6 Å². The highest BCUT2D eigenvalue weighted by Crippen LogP contribution is 2.35. The molecular formula is C19H20N6O3S. The summed E-state index contributed by atoms with van der Waals surface area (Å²) in [4.78, 5) is 14.4. The van der Waals surface area contributed by atoms with Crippen LogP contribution < -0.4 is 4.90 Å². The lowest BCUT2D eigenvalue weighted by Crippen LogP contribution is -2.43. The molecule has 4 aromatic heterocycles. The van der Waals surface area contributed by atoms with Crippen LogP contribution in [0.25, 0.3) is 33.2 Å². The molecule has 0 bridgehead atoms. The van der Waals surface area contributed by atoms with E-state index in [1.54, 1.807) is 18.6 Å². The molecule has 150 valence electrons. The topological polar surface area (TPSA) is 106 Å². The van der Waals surface area contributed by atoms with Crippen LogP contribution in [0, 0.1) is 0 Å². The molecule has 0 saturated carbocycles. The Morgan fingerprint density at radius 3 is 2.90 bits per heavy atom.